The van der Waals surface area contributed by atoms with E-state index in [1.165, 1.54) is 35.0 Å². The van der Waals surface area contributed by atoms with Crippen LogP contribution in [-0.4, -0.2) is 22.1 Å². The van der Waals surface area contributed by atoms with Crippen molar-refractivity contribution in [3.63, 3.8) is 0 Å². The standard InChI is InChI=1S/C20H17N3O2S2/c1-26-20-22-17(16-12-7-3-5-9-15(12)27-19(16)23-20)21-18(24)14-10-11-6-2-4-8-13(11)25-14/h2,4,6,8,10H,3,5,7,9H2,1H3,(H,21,22,23,24). The van der Waals surface area contributed by atoms with Crippen molar-refractivity contribution in [2.45, 2.75) is 30.8 Å². The molecule has 3 heterocycles. The van der Waals surface area contributed by atoms with Crippen LogP contribution >= 0.6 is 23.1 Å². The number of thiophene rings is 1. The molecule has 1 N–H and O–H groups in total. The number of carbonyl (C=O) groups is 1. The third-order valence-corrected chi connectivity index (χ3v) is 6.59. The van der Waals surface area contributed by atoms with Gasteiger partial charge >= 0.3 is 0 Å². The van der Waals surface area contributed by atoms with Crippen molar-refractivity contribution in [2.75, 3.05) is 11.6 Å². The summed E-state index contributed by atoms with van der Waals surface area (Å²) in [7, 11) is 0. The summed E-state index contributed by atoms with van der Waals surface area (Å²) in [6, 6.07) is 9.37. The number of benzene rings is 1. The first-order valence-corrected chi connectivity index (χ1v) is 10.9. The van der Waals surface area contributed by atoms with Gasteiger partial charge in [-0.25, -0.2) is 9.97 Å². The molecule has 0 fully saturated rings. The van der Waals surface area contributed by atoms with Crippen LogP contribution in [0.2, 0.25) is 0 Å². The Morgan fingerprint density at radius 1 is 1.22 bits per heavy atom. The zero-order valence-corrected chi connectivity index (χ0v) is 16.4. The van der Waals surface area contributed by atoms with Gasteiger partial charge in [0.15, 0.2) is 10.9 Å². The van der Waals surface area contributed by atoms with E-state index < -0.39 is 0 Å². The van der Waals surface area contributed by atoms with Crippen LogP contribution in [0.15, 0.2) is 39.9 Å². The summed E-state index contributed by atoms with van der Waals surface area (Å²) in [4.78, 5) is 24.5. The van der Waals surface area contributed by atoms with Crippen LogP contribution in [0.1, 0.15) is 33.8 Å². The number of amides is 1. The van der Waals surface area contributed by atoms with Gasteiger partial charge in [-0.2, -0.15) is 0 Å². The quantitative estimate of drug-likeness (QED) is 0.377. The molecule has 1 aromatic carbocycles. The van der Waals surface area contributed by atoms with Crippen LogP contribution in [0.3, 0.4) is 0 Å². The Kier molecular flexibility index (Phi) is 4.13. The number of hydrogen-bond acceptors (Lipinski definition) is 6. The van der Waals surface area contributed by atoms with Crippen LogP contribution in [0.4, 0.5) is 5.82 Å². The van der Waals surface area contributed by atoms with E-state index >= 15 is 0 Å². The maximum Gasteiger partial charge on any atom is 0.292 e. The summed E-state index contributed by atoms with van der Waals surface area (Å²) < 4.78 is 5.71. The maximum atomic E-state index is 12.8. The average Bonchev–Trinajstić information content (AvgIpc) is 3.29. The monoisotopic (exact) mass is 395 g/mol. The molecule has 0 spiro atoms. The number of rotatable bonds is 3. The third kappa shape index (κ3) is 2.91. The molecule has 0 radical (unpaired) electrons. The van der Waals surface area contributed by atoms with E-state index in [0.717, 1.165) is 28.4 Å². The molecular weight excluding hydrogens is 378 g/mol. The summed E-state index contributed by atoms with van der Waals surface area (Å²) in [6.45, 7) is 0. The second-order valence-corrected chi connectivity index (χ2v) is 8.41. The maximum absolute atomic E-state index is 12.8. The molecule has 1 aliphatic rings. The van der Waals surface area contributed by atoms with E-state index in [9.17, 15) is 4.79 Å². The highest BCUT2D eigenvalue weighted by molar-refractivity contribution is 7.98. The van der Waals surface area contributed by atoms with Gasteiger partial charge in [0.05, 0.1) is 5.39 Å². The van der Waals surface area contributed by atoms with Crippen LogP contribution < -0.4 is 5.32 Å². The molecule has 4 aromatic rings. The van der Waals surface area contributed by atoms with Gasteiger partial charge in [-0.1, -0.05) is 30.0 Å². The Bertz CT molecular complexity index is 1150. The number of carbonyl (C=O) groups excluding carboxylic acids is 1. The van der Waals surface area contributed by atoms with E-state index in [1.807, 2.05) is 30.5 Å². The Morgan fingerprint density at radius 2 is 2.07 bits per heavy atom. The fourth-order valence-corrected chi connectivity index (χ4v) is 5.27. The van der Waals surface area contributed by atoms with Crippen molar-refractivity contribution >= 4 is 56.0 Å². The number of para-hydroxylation sites is 1. The molecule has 0 saturated heterocycles. The zero-order valence-electron chi connectivity index (χ0n) is 14.7. The highest BCUT2D eigenvalue weighted by Crippen LogP contribution is 2.39. The van der Waals surface area contributed by atoms with Crippen LogP contribution in [0.5, 0.6) is 0 Å². The van der Waals surface area contributed by atoms with E-state index in [2.05, 4.69) is 15.3 Å². The molecule has 5 rings (SSSR count). The minimum Gasteiger partial charge on any atom is -0.451 e. The third-order valence-electron chi connectivity index (χ3n) is 4.86. The normalized spacial score (nSPS) is 13.8. The smallest absolute Gasteiger partial charge is 0.292 e. The number of aryl methyl sites for hydroxylation is 2. The lowest BCUT2D eigenvalue weighted by Gasteiger charge is -2.12. The van der Waals surface area contributed by atoms with E-state index in [-0.39, 0.29) is 11.7 Å². The molecule has 1 aliphatic carbocycles. The molecule has 0 saturated carbocycles. The largest absolute Gasteiger partial charge is 0.451 e. The van der Waals surface area contributed by atoms with Crippen molar-refractivity contribution in [1.29, 1.82) is 0 Å². The van der Waals surface area contributed by atoms with Gasteiger partial charge in [-0.15, -0.1) is 11.3 Å². The van der Waals surface area contributed by atoms with Gasteiger partial charge in [0.2, 0.25) is 0 Å². The molecule has 0 aliphatic heterocycles. The van der Waals surface area contributed by atoms with Gasteiger partial charge in [-0.05, 0) is 49.6 Å². The SMILES string of the molecule is CSc1nc(NC(=O)c2cc3ccccc3o2)c2c3c(sc2n1)CCCC3. The van der Waals surface area contributed by atoms with Gasteiger partial charge in [0.1, 0.15) is 16.2 Å². The van der Waals surface area contributed by atoms with Crippen molar-refractivity contribution < 1.29 is 9.21 Å². The zero-order chi connectivity index (χ0) is 18.4. The molecule has 0 atom stereocenters. The topological polar surface area (TPSA) is 68.0 Å². The number of nitrogens with one attached hydrogen (secondary N) is 1. The van der Waals surface area contributed by atoms with Gasteiger partial charge < -0.3 is 9.73 Å². The minimum absolute atomic E-state index is 0.283. The summed E-state index contributed by atoms with van der Waals surface area (Å²) in [6.07, 6.45) is 6.43. The first-order valence-electron chi connectivity index (χ1n) is 8.89. The fraction of sp³-hybridized carbons (Fsp3) is 0.250. The lowest BCUT2D eigenvalue weighted by Crippen LogP contribution is -2.13. The lowest BCUT2D eigenvalue weighted by atomic mass is 9.97. The van der Waals surface area contributed by atoms with Gasteiger partial charge in [0, 0.05) is 10.3 Å². The molecule has 27 heavy (non-hydrogen) atoms. The molecule has 1 amide bonds. The molecular formula is C20H17N3O2S2. The predicted molar refractivity (Wildman–Crippen MR) is 110 cm³/mol. The first kappa shape index (κ1) is 16.8. The molecule has 136 valence electrons. The average molecular weight is 396 g/mol. The number of thioether (sulfide) groups is 1. The highest BCUT2D eigenvalue weighted by Gasteiger charge is 2.23. The van der Waals surface area contributed by atoms with Crippen molar-refractivity contribution in [2.24, 2.45) is 0 Å². The first-order chi connectivity index (χ1) is 13.2. The fourth-order valence-electron chi connectivity index (χ4n) is 3.58. The Morgan fingerprint density at radius 3 is 2.93 bits per heavy atom. The summed E-state index contributed by atoms with van der Waals surface area (Å²) in [5.41, 5.74) is 2.00. The number of furan rings is 1. The Hall–Kier alpha value is -2.38. The second-order valence-electron chi connectivity index (χ2n) is 6.55. The van der Waals surface area contributed by atoms with E-state index in [4.69, 9.17) is 4.42 Å². The molecule has 3 aromatic heterocycles. The summed E-state index contributed by atoms with van der Waals surface area (Å²) in [5, 5.41) is 5.56. The van der Waals surface area contributed by atoms with E-state index in [0.29, 0.717) is 16.6 Å². The number of fused-ring (bicyclic) bond motifs is 4. The number of nitrogens with zero attached hydrogens (tertiary/aromatic N) is 2. The summed E-state index contributed by atoms with van der Waals surface area (Å²) in [5.74, 6) is 0.598. The van der Waals surface area contributed by atoms with Crippen molar-refractivity contribution in [1.82, 2.24) is 9.97 Å². The van der Waals surface area contributed by atoms with Crippen LogP contribution in [0.25, 0.3) is 21.2 Å². The van der Waals surface area contributed by atoms with Crippen LogP contribution in [-0.2, 0) is 12.8 Å². The molecule has 5 nitrogen and oxygen atoms in total. The Balaban J connectivity index is 1.58. The predicted octanol–water partition coefficient (Wildman–Crippen LogP) is 5.29. The van der Waals surface area contributed by atoms with Gasteiger partial charge in [-0.3, -0.25) is 4.79 Å². The molecule has 0 unspecified atom stereocenters. The van der Waals surface area contributed by atoms with Crippen molar-refractivity contribution in [3.05, 3.63) is 46.5 Å². The Labute approximate surface area is 164 Å². The highest BCUT2D eigenvalue weighted by atomic mass is 32.2. The minimum atomic E-state index is -0.283. The van der Waals surface area contributed by atoms with E-state index in [1.54, 1.807) is 17.4 Å². The van der Waals surface area contributed by atoms with Gasteiger partial charge in [0.25, 0.3) is 5.91 Å². The number of anilines is 1. The number of aromatic nitrogens is 2. The number of hydrogen-bond donors (Lipinski definition) is 1. The second kappa shape index (κ2) is 6.65. The molecule has 7 heteroatoms. The summed E-state index contributed by atoms with van der Waals surface area (Å²) >= 11 is 3.21. The van der Waals surface area contributed by atoms with Crippen molar-refractivity contribution in [3.8, 4) is 0 Å². The van der Waals surface area contributed by atoms with Crippen LogP contribution in [0, 0.1) is 0 Å². The molecule has 0 bridgehead atoms. The lowest BCUT2D eigenvalue weighted by molar-refractivity contribution is 0.0998.